The summed E-state index contributed by atoms with van der Waals surface area (Å²) in [5.41, 5.74) is 30.9. The lowest BCUT2D eigenvalue weighted by atomic mass is 9.76. The van der Waals surface area contributed by atoms with E-state index in [2.05, 4.69) is 335 Å². The molecule has 0 bridgehead atoms. The molecule has 14 heteroatoms. The predicted molar refractivity (Wildman–Crippen MR) is 487 cm³/mol. The number of anilines is 9. The van der Waals surface area contributed by atoms with Gasteiger partial charge in [0.05, 0.1) is 22.1 Å². The third-order valence-corrected chi connectivity index (χ3v) is 27.7. The fraction of sp³-hybridized carbons (Fsp3) is 0.295. The zero-order chi connectivity index (χ0) is 79.8. The fourth-order valence-electron chi connectivity index (χ4n) is 22.5. The number of hydrogen-bond donors (Lipinski definition) is 0. The van der Waals surface area contributed by atoms with Crippen LogP contribution in [-0.4, -0.2) is 68.4 Å². The standard InChI is InChI=1S/C34H35N2.C30H31N2.2C14H13N3.C13H12N4/c1-3-11-23(12-4-1)26-17-10-18-27(24-13-5-2-6-14-24)33(26)31-22-35-21-25-15-9-19-29-28-16-7-8-20-30(28)36(31)34(35)32(25)29;1-19(2)15-21-9-7-10-22(16-20(3)4)28(21)27-18-31-17-23-11-8-13-25-24-12-5-6-14-26(24)32(27)30(31)29(23)25;1-16-13-9-10-5-2-3-6-11(10)17(13)12-7-4-8-15-14(12)16;1-16-12-7-4-8-15-14(12)17-11-6-3-2-5-10(11)9-13(16)17;1-16-11-8-9-4-2-3-5-10(9)17(11)13-12(16)14-6-7-15-13/h7-10,15-20,22-24H,1-6,11-14,21H2;5-14,18-20H,15-17H2,1-4H3;2*2-8,13H,9H2,1H3;2-7,11H,8H2,1H3/q2*+1;;;. The minimum absolute atomic E-state index is 0.338. The normalized spacial score (nSPS) is 17.8. The number of pyridine rings is 4. The topological polar surface area (TPSA) is 87.6 Å². The van der Waals surface area contributed by atoms with Gasteiger partial charge < -0.3 is 29.4 Å². The van der Waals surface area contributed by atoms with Crippen molar-refractivity contribution in [3.05, 3.63) is 306 Å². The second-order valence-corrected chi connectivity index (χ2v) is 35.7. The van der Waals surface area contributed by atoms with Crippen LogP contribution in [-0.2, 0) is 45.2 Å². The van der Waals surface area contributed by atoms with Crippen molar-refractivity contribution >= 4 is 106 Å². The highest BCUT2D eigenvalue weighted by atomic mass is 15.5. The van der Waals surface area contributed by atoms with Gasteiger partial charge in [0.2, 0.25) is 0 Å². The second kappa shape index (κ2) is 29.6. The van der Waals surface area contributed by atoms with Gasteiger partial charge in [-0.25, -0.2) is 29.1 Å². The van der Waals surface area contributed by atoms with E-state index in [1.54, 1.807) is 29.1 Å². The maximum atomic E-state index is 4.54. The molecular formula is C105H104N14+2. The van der Waals surface area contributed by atoms with Crippen LogP contribution in [0.1, 0.15) is 154 Å². The molecule has 8 aliphatic heterocycles. The molecule has 0 N–H and O–H groups in total. The van der Waals surface area contributed by atoms with E-state index in [1.165, 1.54) is 203 Å². The van der Waals surface area contributed by atoms with Crippen molar-refractivity contribution in [2.45, 2.75) is 167 Å². The Hall–Kier alpha value is -12.4. The van der Waals surface area contributed by atoms with Crippen molar-refractivity contribution in [2.24, 2.45) is 11.8 Å². The Balaban J connectivity index is 0.0000000932. The first-order chi connectivity index (χ1) is 58.5. The summed E-state index contributed by atoms with van der Waals surface area (Å²) in [4.78, 5) is 31.8. The number of fused-ring (bicyclic) bond motifs is 21. The summed E-state index contributed by atoms with van der Waals surface area (Å²) in [5, 5.41) is 8.37. The molecule has 2 aliphatic carbocycles. The first-order valence-corrected chi connectivity index (χ1v) is 44.0. The van der Waals surface area contributed by atoms with Crippen molar-refractivity contribution in [2.75, 3.05) is 50.5 Å². The zero-order valence-electron chi connectivity index (χ0n) is 69.6. The predicted octanol–water partition coefficient (Wildman–Crippen LogP) is 22.7. The van der Waals surface area contributed by atoms with E-state index in [0.29, 0.717) is 42.2 Å². The molecule has 2 saturated carbocycles. The summed E-state index contributed by atoms with van der Waals surface area (Å²) in [6, 6.07) is 80.1. The summed E-state index contributed by atoms with van der Waals surface area (Å²) < 4.78 is 10.2. The van der Waals surface area contributed by atoms with Crippen molar-refractivity contribution in [3.8, 4) is 22.5 Å². The number of nitrogens with zero attached hydrogens (tertiary/aromatic N) is 14. The SMILES string of the molecule is CC(C)Cc1cccc(CC(C)C)c1-c1c[n+]2c3c4c(cccc4c4ccccc4n13)C2.CN1c2cccnc2N2c3ccccc3CC12.CN1c2ncccc2N2c3ccccc3CC12.CN1c2nccnc2N2c3ccccc3CC12.c1cc(C2CCCCC2)c(-c2c[n+]3c4c5c(cccc5c5ccccc5n24)C3)c(C2CCCCC2)c1. The molecule has 592 valence electrons. The van der Waals surface area contributed by atoms with Gasteiger partial charge in [-0.05, 0) is 156 Å². The third kappa shape index (κ3) is 12.0. The Labute approximate surface area is 697 Å². The van der Waals surface area contributed by atoms with E-state index in [1.807, 2.05) is 24.5 Å². The third-order valence-electron chi connectivity index (χ3n) is 27.7. The lowest BCUT2D eigenvalue weighted by molar-refractivity contribution is -0.657. The van der Waals surface area contributed by atoms with Gasteiger partial charge in [0.25, 0.3) is 11.3 Å². The van der Waals surface area contributed by atoms with Crippen LogP contribution in [0.2, 0.25) is 0 Å². The van der Waals surface area contributed by atoms with Gasteiger partial charge in [-0.3, -0.25) is 0 Å². The smallest absolute Gasteiger partial charge is 0.295 e. The van der Waals surface area contributed by atoms with Crippen LogP contribution in [0.3, 0.4) is 0 Å². The number of para-hydroxylation sites is 5. The highest BCUT2D eigenvalue weighted by Gasteiger charge is 2.45. The monoisotopic (exact) mass is 1560 g/mol. The minimum Gasteiger partial charge on any atom is -0.351 e. The molecule has 16 aromatic rings. The van der Waals surface area contributed by atoms with Crippen LogP contribution >= 0.6 is 0 Å². The molecule has 2 fully saturated rings. The van der Waals surface area contributed by atoms with Crippen LogP contribution in [0.5, 0.6) is 0 Å². The Kier molecular flexibility index (Phi) is 18.1. The number of benzene rings is 9. The van der Waals surface area contributed by atoms with Gasteiger partial charge in [0.1, 0.15) is 55.0 Å². The van der Waals surface area contributed by atoms with E-state index in [9.17, 15) is 0 Å². The molecule has 119 heavy (non-hydrogen) atoms. The molecule has 0 radical (unpaired) electrons. The highest BCUT2D eigenvalue weighted by molar-refractivity contribution is 6.15. The van der Waals surface area contributed by atoms with Gasteiger partial charge in [-0.15, -0.1) is 0 Å². The number of likely N-dealkylation sites (N-methyl/N-ethyl adjacent to an activating group) is 3. The van der Waals surface area contributed by atoms with E-state index in [0.717, 1.165) is 68.5 Å². The van der Waals surface area contributed by atoms with Crippen molar-refractivity contribution in [1.82, 2.24) is 28.7 Å². The number of imidazole rings is 2. The van der Waals surface area contributed by atoms with E-state index < -0.39 is 0 Å². The quantitative estimate of drug-likeness (QED) is 0.108. The summed E-state index contributed by atoms with van der Waals surface area (Å²) in [7, 11) is 6.36. The minimum atomic E-state index is 0.338. The summed E-state index contributed by atoms with van der Waals surface area (Å²) in [6.45, 7) is 11.2. The highest BCUT2D eigenvalue weighted by Crippen LogP contribution is 2.53. The number of aromatic nitrogens is 8. The van der Waals surface area contributed by atoms with Gasteiger partial charge in [0.15, 0.2) is 34.7 Å². The summed E-state index contributed by atoms with van der Waals surface area (Å²) in [6.07, 6.45) is 32.4. The summed E-state index contributed by atoms with van der Waals surface area (Å²) >= 11 is 0. The molecule has 0 spiro atoms. The lowest BCUT2D eigenvalue weighted by Crippen LogP contribution is -2.36. The Morgan fingerprint density at radius 1 is 0.336 bits per heavy atom. The number of hydrogen-bond acceptors (Lipinski definition) is 10. The molecule has 7 aromatic heterocycles. The molecule has 10 aliphatic rings. The van der Waals surface area contributed by atoms with Gasteiger partial charge in [0, 0.05) is 126 Å². The average Bonchev–Trinajstić information content (AvgIpc) is 1.55. The molecule has 26 rings (SSSR count). The van der Waals surface area contributed by atoms with Crippen molar-refractivity contribution in [1.29, 1.82) is 0 Å². The molecule has 3 atom stereocenters. The van der Waals surface area contributed by atoms with Crippen LogP contribution in [0, 0.1) is 11.8 Å². The van der Waals surface area contributed by atoms with Crippen molar-refractivity contribution in [3.63, 3.8) is 0 Å². The van der Waals surface area contributed by atoms with E-state index in [4.69, 9.17) is 0 Å². The molecule has 9 aromatic carbocycles. The Bertz CT molecular complexity index is 6360. The first-order valence-electron chi connectivity index (χ1n) is 44.0. The van der Waals surface area contributed by atoms with Gasteiger partial charge >= 0.3 is 0 Å². The Morgan fingerprint density at radius 2 is 0.731 bits per heavy atom. The van der Waals surface area contributed by atoms with Gasteiger partial charge in [-0.1, -0.05) is 230 Å². The molecule has 0 amide bonds. The van der Waals surface area contributed by atoms with Crippen LogP contribution in [0.4, 0.5) is 51.7 Å². The largest absolute Gasteiger partial charge is 0.351 e. The maximum absolute atomic E-state index is 4.54. The molecule has 14 nitrogen and oxygen atoms in total. The Morgan fingerprint density at radius 3 is 1.27 bits per heavy atom. The van der Waals surface area contributed by atoms with Gasteiger partial charge in [-0.2, -0.15) is 8.80 Å². The first kappa shape index (κ1) is 73.0. The number of rotatable bonds is 8. The summed E-state index contributed by atoms with van der Waals surface area (Å²) in [5.74, 6) is 6.77. The molecule has 15 heterocycles. The molecule has 0 saturated heterocycles. The zero-order valence-corrected chi connectivity index (χ0v) is 69.6. The maximum Gasteiger partial charge on any atom is 0.295 e. The van der Waals surface area contributed by atoms with E-state index >= 15 is 0 Å². The molecule has 3 unspecified atom stereocenters. The molecular weight excluding hydrogens is 1460 g/mol. The van der Waals surface area contributed by atoms with Crippen LogP contribution < -0.4 is 38.5 Å². The van der Waals surface area contributed by atoms with E-state index in [-0.39, 0.29) is 0 Å². The van der Waals surface area contributed by atoms with Crippen molar-refractivity contribution < 1.29 is 9.13 Å². The lowest BCUT2D eigenvalue weighted by Gasteiger charge is -2.29. The second-order valence-electron chi connectivity index (χ2n) is 35.7. The fourth-order valence-corrected chi connectivity index (χ4v) is 22.5. The average molecular weight is 1560 g/mol. The van der Waals surface area contributed by atoms with Crippen LogP contribution in [0.15, 0.2) is 256 Å². The van der Waals surface area contributed by atoms with Crippen LogP contribution in [0.25, 0.3) is 77.2 Å².